The van der Waals surface area contributed by atoms with Crippen LogP contribution in [-0.4, -0.2) is 38.1 Å². The van der Waals surface area contributed by atoms with E-state index in [1.165, 1.54) is 10.4 Å². The van der Waals surface area contributed by atoms with Crippen LogP contribution < -0.4 is 5.73 Å². The zero-order chi connectivity index (χ0) is 12.5. The zero-order valence-corrected chi connectivity index (χ0v) is 11.4. The topological polar surface area (TPSA) is 50.8 Å². The molecule has 1 aliphatic rings. The molecule has 4 nitrogen and oxygen atoms in total. The van der Waals surface area contributed by atoms with Gasteiger partial charge in [-0.25, -0.2) is 4.99 Å². The van der Waals surface area contributed by atoms with E-state index in [1.807, 2.05) is 14.1 Å². The van der Waals surface area contributed by atoms with Gasteiger partial charge in [0.1, 0.15) is 5.60 Å². The van der Waals surface area contributed by atoms with Crippen LogP contribution in [0.5, 0.6) is 0 Å². The van der Waals surface area contributed by atoms with Crippen molar-refractivity contribution in [3.05, 3.63) is 21.9 Å². The van der Waals surface area contributed by atoms with Crippen LogP contribution in [0.2, 0.25) is 0 Å². The molecule has 0 saturated carbocycles. The van der Waals surface area contributed by atoms with Gasteiger partial charge in [-0.05, 0) is 23.9 Å². The van der Waals surface area contributed by atoms with Crippen molar-refractivity contribution in [2.75, 3.05) is 27.2 Å². The summed E-state index contributed by atoms with van der Waals surface area (Å²) in [5.41, 5.74) is 6.75. The summed E-state index contributed by atoms with van der Waals surface area (Å²) in [5, 5.41) is 2.12. The third-order valence-electron chi connectivity index (χ3n) is 3.07. The van der Waals surface area contributed by atoms with Gasteiger partial charge in [0.2, 0.25) is 0 Å². The summed E-state index contributed by atoms with van der Waals surface area (Å²) in [6, 6.07) is 2.14. The van der Waals surface area contributed by atoms with Gasteiger partial charge in [0.25, 0.3) is 0 Å². The lowest BCUT2D eigenvalue weighted by molar-refractivity contribution is -0.0375. The van der Waals surface area contributed by atoms with Gasteiger partial charge in [0.15, 0.2) is 5.96 Å². The fraction of sp³-hybridized carbons (Fsp3) is 0.583. The highest BCUT2D eigenvalue weighted by Gasteiger charge is 2.33. The quantitative estimate of drug-likeness (QED) is 0.640. The van der Waals surface area contributed by atoms with E-state index < -0.39 is 0 Å². The van der Waals surface area contributed by atoms with Crippen LogP contribution in [0.15, 0.2) is 16.4 Å². The molecule has 0 saturated heterocycles. The molecule has 1 atom stereocenters. The minimum Gasteiger partial charge on any atom is -0.370 e. The molecule has 0 aliphatic carbocycles. The number of rotatable bonds is 2. The van der Waals surface area contributed by atoms with Crippen LogP contribution in [0.25, 0.3) is 0 Å². The maximum absolute atomic E-state index is 5.91. The Morgan fingerprint density at radius 3 is 3.12 bits per heavy atom. The Labute approximate surface area is 106 Å². The summed E-state index contributed by atoms with van der Waals surface area (Å²) in [6.45, 7) is 3.42. The fourth-order valence-electron chi connectivity index (χ4n) is 1.96. The maximum Gasteiger partial charge on any atom is 0.190 e. The summed E-state index contributed by atoms with van der Waals surface area (Å²) in [6.07, 6.45) is 1.01. The third-order valence-corrected chi connectivity index (χ3v) is 4.05. The van der Waals surface area contributed by atoms with Crippen molar-refractivity contribution in [1.82, 2.24) is 4.90 Å². The van der Waals surface area contributed by atoms with Crippen LogP contribution in [0, 0.1) is 0 Å². The number of guanidine groups is 1. The van der Waals surface area contributed by atoms with Gasteiger partial charge in [-0.2, -0.15) is 0 Å². The average Bonchev–Trinajstić information content (AvgIpc) is 2.76. The molecule has 0 spiro atoms. The van der Waals surface area contributed by atoms with E-state index in [0.717, 1.165) is 13.0 Å². The first-order valence-corrected chi connectivity index (χ1v) is 6.59. The molecule has 17 heavy (non-hydrogen) atoms. The van der Waals surface area contributed by atoms with E-state index in [4.69, 9.17) is 10.5 Å². The SMILES string of the molecule is CN(C)C(N)=NCC1(C)OCCc2sccc21. The first-order valence-electron chi connectivity index (χ1n) is 5.71. The van der Waals surface area contributed by atoms with Crippen LogP contribution in [0.4, 0.5) is 0 Å². The molecule has 2 heterocycles. The number of ether oxygens (including phenoxy) is 1. The van der Waals surface area contributed by atoms with Crippen molar-refractivity contribution in [2.24, 2.45) is 10.7 Å². The predicted molar refractivity (Wildman–Crippen MR) is 71.5 cm³/mol. The number of fused-ring (bicyclic) bond motifs is 1. The number of nitrogens with two attached hydrogens (primary N) is 1. The Balaban J connectivity index is 2.19. The number of hydrogen-bond donors (Lipinski definition) is 1. The standard InChI is InChI=1S/C12H19N3OS/c1-12(8-14-11(13)15(2)3)9-5-7-17-10(9)4-6-16-12/h5,7H,4,6,8H2,1-3H3,(H2,13,14). The molecule has 0 aromatic carbocycles. The molecule has 2 rings (SSSR count). The summed E-state index contributed by atoms with van der Waals surface area (Å²) in [4.78, 5) is 7.62. The Hall–Kier alpha value is -1.07. The number of thiophene rings is 1. The lowest BCUT2D eigenvalue weighted by atomic mass is 9.93. The largest absolute Gasteiger partial charge is 0.370 e. The van der Waals surface area contributed by atoms with Crippen molar-refractivity contribution >= 4 is 17.3 Å². The van der Waals surface area contributed by atoms with Gasteiger partial charge in [-0.15, -0.1) is 11.3 Å². The first-order chi connectivity index (χ1) is 8.03. The molecular formula is C12H19N3OS. The fourth-order valence-corrected chi connectivity index (χ4v) is 2.94. The molecule has 1 unspecified atom stereocenters. The van der Waals surface area contributed by atoms with E-state index in [2.05, 4.69) is 23.4 Å². The summed E-state index contributed by atoms with van der Waals surface area (Å²) in [5.74, 6) is 0.539. The highest BCUT2D eigenvalue weighted by molar-refractivity contribution is 7.10. The molecule has 2 N–H and O–H groups in total. The van der Waals surface area contributed by atoms with Crippen molar-refractivity contribution in [3.63, 3.8) is 0 Å². The van der Waals surface area contributed by atoms with E-state index in [-0.39, 0.29) is 5.60 Å². The summed E-state index contributed by atoms with van der Waals surface area (Å²) >= 11 is 1.80. The van der Waals surface area contributed by atoms with Gasteiger partial charge in [-0.1, -0.05) is 0 Å². The Kier molecular flexibility index (Phi) is 3.40. The minimum atomic E-state index is -0.325. The van der Waals surface area contributed by atoms with Crippen LogP contribution in [0.3, 0.4) is 0 Å². The highest BCUT2D eigenvalue weighted by Crippen LogP contribution is 2.36. The molecule has 94 valence electrons. The number of nitrogens with zero attached hydrogens (tertiary/aromatic N) is 2. The highest BCUT2D eigenvalue weighted by atomic mass is 32.1. The second-order valence-corrected chi connectivity index (χ2v) is 5.66. The van der Waals surface area contributed by atoms with Crippen molar-refractivity contribution < 1.29 is 4.74 Å². The van der Waals surface area contributed by atoms with E-state index in [0.29, 0.717) is 12.5 Å². The molecule has 0 amide bonds. The lowest BCUT2D eigenvalue weighted by Gasteiger charge is -2.33. The molecule has 1 aliphatic heterocycles. The van der Waals surface area contributed by atoms with E-state index >= 15 is 0 Å². The first kappa shape index (κ1) is 12.4. The monoisotopic (exact) mass is 253 g/mol. The van der Waals surface area contributed by atoms with Gasteiger partial charge in [-0.3, -0.25) is 0 Å². The van der Waals surface area contributed by atoms with Crippen molar-refractivity contribution in [2.45, 2.75) is 18.9 Å². The normalized spacial score (nSPS) is 24.5. The second-order valence-electron chi connectivity index (χ2n) is 4.66. The average molecular weight is 253 g/mol. The second kappa shape index (κ2) is 4.66. The Morgan fingerprint density at radius 2 is 2.41 bits per heavy atom. The molecule has 0 radical (unpaired) electrons. The van der Waals surface area contributed by atoms with Gasteiger partial charge in [0, 0.05) is 25.4 Å². The van der Waals surface area contributed by atoms with E-state index in [9.17, 15) is 0 Å². The maximum atomic E-state index is 5.91. The molecular weight excluding hydrogens is 234 g/mol. The lowest BCUT2D eigenvalue weighted by Crippen LogP contribution is -2.37. The van der Waals surface area contributed by atoms with Crippen molar-refractivity contribution in [3.8, 4) is 0 Å². The zero-order valence-electron chi connectivity index (χ0n) is 10.6. The summed E-state index contributed by atoms with van der Waals surface area (Å²) < 4.78 is 5.91. The van der Waals surface area contributed by atoms with Crippen molar-refractivity contribution in [1.29, 1.82) is 0 Å². The van der Waals surface area contributed by atoms with Gasteiger partial charge < -0.3 is 15.4 Å². The minimum absolute atomic E-state index is 0.325. The molecule has 5 heteroatoms. The Morgan fingerprint density at radius 1 is 1.65 bits per heavy atom. The molecule has 1 aromatic heterocycles. The molecule has 0 bridgehead atoms. The summed E-state index contributed by atoms with van der Waals surface area (Å²) in [7, 11) is 3.78. The molecule has 1 aromatic rings. The van der Waals surface area contributed by atoms with E-state index in [1.54, 1.807) is 16.2 Å². The Bertz CT molecular complexity index is 427. The van der Waals surface area contributed by atoms with Crippen LogP contribution in [-0.2, 0) is 16.8 Å². The smallest absolute Gasteiger partial charge is 0.190 e. The predicted octanol–water partition coefficient (Wildman–Crippen LogP) is 1.41. The third kappa shape index (κ3) is 2.45. The van der Waals surface area contributed by atoms with Crippen LogP contribution in [0.1, 0.15) is 17.4 Å². The number of hydrogen-bond acceptors (Lipinski definition) is 3. The van der Waals surface area contributed by atoms with Gasteiger partial charge >= 0.3 is 0 Å². The van der Waals surface area contributed by atoms with Gasteiger partial charge in [0.05, 0.1) is 13.2 Å². The van der Waals surface area contributed by atoms with Crippen LogP contribution >= 0.6 is 11.3 Å². The molecule has 0 fully saturated rings. The number of aliphatic imine (C=N–C) groups is 1.